The molecule has 0 fully saturated rings. The number of hydrogen-bond acceptors (Lipinski definition) is 3. The molecule has 2 rings (SSSR count). The molecule has 2 N–H and O–H groups in total. The molecule has 2 nitrogen and oxygen atoms in total. The maximum atomic E-state index is 14.0. The molecule has 0 radical (unpaired) electrons. The smallest absolute Gasteiger partial charge is 0.168 e. The Morgan fingerprint density at radius 3 is 2.78 bits per heavy atom. The summed E-state index contributed by atoms with van der Waals surface area (Å²) in [7, 11) is 1.46. The third kappa shape index (κ3) is 2.54. The molecule has 0 saturated heterocycles. The highest BCUT2D eigenvalue weighted by molar-refractivity contribution is 7.08. The highest BCUT2D eigenvalue weighted by atomic mass is 32.1. The molecule has 2 aromatic rings. The lowest BCUT2D eigenvalue weighted by Crippen LogP contribution is -2.14. The van der Waals surface area contributed by atoms with Gasteiger partial charge in [-0.1, -0.05) is 12.1 Å². The Morgan fingerprint density at radius 2 is 2.17 bits per heavy atom. The lowest BCUT2D eigenvalue weighted by atomic mass is 9.99. The summed E-state index contributed by atoms with van der Waals surface area (Å²) in [6.07, 6.45) is 0.473. The van der Waals surface area contributed by atoms with Gasteiger partial charge in [-0.2, -0.15) is 11.3 Å². The largest absolute Gasteiger partial charge is 0.494 e. The van der Waals surface area contributed by atoms with Crippen molar-refractivity contribution in [2.45, 2.75) is 19.4 Å². The molecule has 1 aromatic carbocycles. The normalized spacial score (nSPS) is 12.4. The van der Waals surface area contributed by atoms with E-state index in [0.29, 0.717) is 12.0 Å². The van der Waals surface area contributed by atoms with Gasteiger partial charge in [-0.05, 0) is 46.9 Å². The molecular weight excluding hydrogens is 249 g/mol. The Morgan fingerprint density at radius 1 is 1.39 bits per heavy atom. The van der Waals surface area contributed by atoms with Crippen LogP contribution in [0.15, 0.2) is 29.0 Å². The van der Waals surface area contributed by atoms with Gasteiger partial charge in [0.2, 0.25) is 0 Å². The van der Waals surface area contributed by atoms with Gasteiger partial charge in [0.05, 0.1) is 7.11 Å². The molecule has 0 saturated carbocycles. The zero-order valence-corrected chi connectivity index (χ0v) is 11.3. The quantitative estimate of drug-likeness (QED) is 0.919. The number of nitrogens with two attached hydrogens (primary N) is 1. The van der Waals surface area contributed by atoms with E-state index >= 15 is 0 Å². The number of methoxy groups -OCH3 is 1. The molecule has 18 heavy (non-hydrogen) atoms. The van der Waals surface area contributed by atoms with Gasteiger partial charge in [-0.25, -0.2) is 4.39 Å². The standard InChI is InChI=1S/C14H16FNOS/c1-9-7-18-8-11(9)12(16)6-10-4-3-5-13(17-2)14(10)15/h3-5,7-8,12H,6,16H2,1-2H3. The maximum Gasteiger partial charge on any atom is 0.168 e. The van der Waals surface area contributed by atoms with Gasteiger partial charge in [0.15, 0.2) is 11.6 Å². The van der Waals surface area contributed by atoms with E-state index in [1.165, 1.54) is 7.11 Å². The molecule has 1 atom stereocenters. The Balaban J connectivity index is 2.22. The fourth-order valence-corrected chi connectivity index (χ4v) is 2.88. The third-order valence-corrected chi connectivity index (χ3v) is 3.88. The van der Waals surface area contributed by atoms with Crippen LogP contribution in [0.2, 0.25) is 0 Å². The van der Waals surface area contributed by atoms with E-state index in [9.17, 15) is 4.39 Å². The zero-order chi connectivity index (χ0) is 13.1. The van der Waals surface area contributed by atoms with Crippen molar-refractivity contribution in [3.63, 3.8) is 0 Å². The fraction of sp³-hybridized carbons (Fsp3) is 0.286. The van der Waals surface area contributed by atoms with Gasteiger partial charge in [-0.3, -0.25) is 0 Å². The second kappa shape index (κ2) is 5.50. The molecule has 0 aliphatic carbocycles. The van der Waals surface area contributed by atoms with Crippen LogP contribution in [0.1, 0.15) is 22.7 Å². The van der Waals surface area contributed by atoms with E-state index in [0.717, 1.165) is 11.1 Å². The van der Waals surface area contributed by atoms with Gasteiger partial charge >= 0.3 is 0 Å². The van der Waals surface area contributed by atoms with Gasteiger partial charge < -0.3 is 10.5 Å². The predicted molar refractivity (Wildman–Crippen MR) is 72.6 cm³/mol. The first-order chi connectivity index (χ1) is 8.63. The molecule has 0 aliphatic heterocycles. The van der Waals surface area contributed by atoms with Gasteiger partial charge in [0.1, 0.15) is 0 Å². The Kier molecular flexibility index (Phi) is 3.99. The van der Waals surface area contributed by atoms with Crippen molar-refractivity contribution in [1.82, 2.24) is 0 Å². The van der Waals surface area contributed by atoms with Gasteiger partial charge in [0.25, 0.3) is 0 Å². The van der Waals surface area contributed by atoms with Gasteiger partial charge in [-0.15, -0.1) is 0 Å². The fourth-order valence-electron chi connectivity index (χ4n) is 1.97. The molecule has 1 aromatic heterocycles. The van der Waals surface area contributed by atoms with Crippen LogP contribution in [0.4, 0.5) is 4.39 Å². The van der Waals surface area contributed by atoms with Gasteiger partial charge in [0, 0.05) is 6.04 Å². The van der Waals surface area contributed by atoms with Crippen molar-refractivity contribution in [1.29, 1.82) is 0 Å². The average molecular weight is 265 g/mol. The Labute approximate surface area is 110 Å². The number of halogens is 1. The summed E-state index contributed by atoms with van der Waals surface area (Å²) >= 11 is 1.62. The van der Waals surface area contributed by atoms with E-state index in [2.05, 4.69) is 5.38 Å². The molecule has 0 spiro atoms. The summed E-state index contributed by atoms with van der Waals surface area (Å²) in [5, 5.41) is 4.08. The molecule has 0 aliphatic rings. The van der Waals surface area contributed by atoms with E-state index in [4.69, 9.17) is 10.5 Å². The summed E-state index contributed by atoms with van der Waals surface area (Å²) in [5.74, 6) is -0.0509. The lowest BCUT2D eigenvalue weighted by molar-refractivity contribution is 0.383. The number of benzene rings is 1. The van der Waals surface area contributed by atoms with E-state index in [-0.39, 0.29) is 17.6 Å². The van der Waals surface area contributed by atoms with Crippen LogP contribution in [0.5, 0.6) is 5.75 Å². The van der Waals surface area contributed by atoms with Crippen LogP contribution >= 0.6 is 11.3 Å². The van der Waals surface area contributed by atoms with Crippen molar-refractivity contribution in [2.75, 3.05) is 7.11 Å². The molecule has 4 heteroatoms. The molecule has 96 valence electrons. The van der Waals surface area contributed by atoms with E-state index in [1.54, 1.807) is 29.5 Å². The monoisotopic (exact) mass is 265 g/mol. The van der Waals surface area contributed by atoms with Crippen LogP contribution in [0, 0.1) is 12.7 Å². The van der Waals surface area contributed by atoms with Crippen molar-refractivity contribution in [2.24, 2.45) is 5.73 Å². The van der Waals surface area contributed by atoms with Crippen LogP contribution in [-0.4, -0.2) is 7.11 Å². The van der Waals surface area contributed by atoms with Crippen LogP contribution in [0.25, 0.3) is 0 Å². The minimum absolute atomic E-state index is 0.183. The van der Waals surface area contributed by atoms with E-state index in [1.807, 2.05) is 12.3 Å². The van der Waals surface area contributed by atoms with E-state index < -0.39 is 0 Å². The summed E-state index contributed by atoms with van der Waals surface area (Å²) in [6.45, 7) is 2.02. The molecular formula is C14H16FNOS. The zero-order valence-electron chi connectivity index (χ0n) is 10.4. The highest BCUT2D eigenvalue weighted by Gasteiger charge is 2.15. The first kappa shape index (κ1) is 13.1. The van der Waals surface area contributed by atoms with Crippen LogP contribution in [-0.2, 0) is 6.42 Å². The summed E-state index contributed by atoms with van der Waals surface area (Å²) in [6, 6.07) is 4.96. The van der Waals surface area contributed by atoms with Crippen molar-refractivity contribution in [3.05, 3.63) is 51.5 Å². The first-order valence-corrected chi connectivity index (χ1v) is 6.67. The number of rotatable bonds is 4. The number of thiophene rings is 1. The highest BCUT2D eigenvalue weighted by Crippen LogP contribution is 2.26. The molecule has 0 amide bonds. The Hall–Kier alpha value is -1.39. The number of aryl methyl sites for hydroxylation is 1. The third-order valence-electron chi connectivity index (χ3n) is 3.00. The number of ether oxygens (including phenoxy) is 1. The predicted octanol–water partition coefficient (Wildman–Crippen LogP) is 3.45. The number of hydrogen-bond donors (Lipinski definition) is 1. The second-order valence-corrected chi connectivity index (χ2v) is 5.00. The summed E-state index contributed by atoms with van der Waals surface area (Å²) in [4.78, 5) is 0. The average Bonchev–Trinajstić information content (AvgIpc) is 2.78. The lowest BCUT2D eigenvalue weighted by Gasteiger charge is -2.13. The molecule has 0 bridgehead atoms. The first-order valence-electron chi connectivity index (χ1n) is 5.73. The van der Waals surface area contributed by atoms with Crippen LogP contribution in [0.3, 0.4) is 0 Å². The van der Waals surface area contributed by atoms with Crippen molar-refractivity contribution < 1.29 is 9.13 Å². The summed E-state index contributed by atoms with van der Waals surface area (Å²) < 4.78 is 19.0. The maximum absolute atomic E-state index is 14.0. The SMILES string of the molecule is COc1cccc(CC(N)c2cscc2C)c1F. The topological polar surface area (TPSA) is 35.2 Å². The van der Waals surface area contributed by atoms with Crippen molar-refractivity contribution >= 4 is 11.3 Å². The minimum atomic E-state index is -0.316. The Bertz CT molecular complexity index is 538. The second-order valence-electron chi connectivity index (χ2n) is 4.25. The van der Waals surface area contributed by atoms with Crippen molar-refractivity contribution in [3.8, 4) is 5.75 Å². The molecule has 1 heterocycles. The van der Waals surface area contributed by atoms with Crippen LogP contribution < -0.4 is 10.5 Å². The summed E-state index contributed by atoms with van der Waals surface area (Å²) in [5.41, 5.74) is 8.97. The minimum Gasteiger partial charge on any atom is -0.494 e. The molecule has 1 unspecified atom stereocenters.